The lowest BCUT2D eigenvalue weighted by molar-refractivity contribution is 0.459. The van der Waals surface area contributed by atoms with Gasteiger partial charge in [0.15, 0.2) is 0 Å². The van der Waals surface area contributed by atoms with Crippen LogP contribution in [0.4, 0.5) is 0 Å². The molecule has 0 amide bonds. The lowest BCUT2D eigenvalue weighted by atomic mass is 10.3. The van der Waals surface area contributed by atoms with E-state index in [0.717, 1.165) is 0 Å². The van der Waals surface area contributed by atoms with Crippen molar-refractivity contribution >= 4 is 21.6 Å². The third-order valence-electron chi connectivity index (χ3n) is 2.12. The van der Waals surface area contributed by atoms with Gasteiger partial charge in [0.05, 0.1) is 18.1 Å². The largest absolute Gasteiger partial charge is 0.468 e. The van der Waals surface area contributed by atoms with E-state index in [-0.39, 0.29) is 11.8 Å². The molecule has 0 aromatic carbocycles. The van der Waals surface area contributed by atoms with Crippen molar-refractivity contribution in [3.63, 3.8) is 0 Å². The minimum absolute atomic E-state index is 0.102. The molecule has 0 aliphatic rings. The molecule has 1 aromatic rings. The van der Waals surface area contributed by atoms with Gasteiger partial charge in [0.25, 0.3) is 0 Å². The van der Waals surface area contributed by atoms with Gasteiger partial charge < -0.3 is 4.42 Å². The predicted octanol–water partition coefficient (Wildman–Crippen LogP) is 2.28. The van der Waals surface area contributed by atoms with Gasteiger partial charge in [0.1, 0.15) is 5.76 Å². The second-order valence-electron chi connectivity index (χ2n) is 3.57. The summed E-state index contributed by atoms with van der Waals surface area (Å²) in [4.78, 5) is 0. The summed E-state index contributed by atoms with van der Waals surface area (Å²) < 4.78 is 30.9. The molecule has 16 heavy (non-hydrogen) atoms. The summed E-state index contributed by atoms with van der Waals surface area (Å²) in [5.74, 6) is 1.20. The van der Waals surface area contributed by atoms with Crippen LogP contribution >= 0.6 is 11.6 Å². The number of nitrogens with one attached hydrogen (secondary N) is 1. The van der Waals surface area contributed by atoms with E-state index < -0.39 is 10.0 Å². The quantitative estimate of drug-likeness (QED) is 0.608. The number of furan rings is 1. The third kappa shape index (κ3) is 4.55. The van der Waals surface area contributed by atoms with Crippen LogP contribution in [0.3, 0.4) is 0 Å². The molecule has 0 radical (unpaired) electrons. The number of halogens is 1. The van der Waals surface area contributed by atoms with Gasteiger partial charge in [-0.3, -0.25) is 0 Å². The van der Waals surface area contributed by atoms with E-state index in [2.05, 4.69) is 4.72 Å². The summed E-state index contributed by atoms with van der Waals surface area (Å²) in [6.07, 6.45) is 2.80. The highest BCUT2D eigenvalue weighted by atomic mass is 35.5. The molecule has 92 valence electrons. The minimum atomic E-state index is -3.25. The Kier molecular flexibility index (Phi) is 5.31. The number of rotatable bonds is 7. The second-order valence-corrected chi connectivity index (χ2v) is 5.82. The Morgan fingerprint density at radius 2 is 2.25 bits per heavy atom. The van der Waals surface area contributed by atoms with E-state index in [1.807, 2.05) is 0 Å². The van der Waals surface area contributed by atoms with Crippen LogP contribution in [-0.4, -0.2) is 20.1 Å². The van der Waals surface area contributed by atoms with Crippen molar-refractivity contribution in [3.05, 3.63) is 24.2 Å². The molecular weight excluding hydrogens is 250 g/mol. The zero-order valence-corrected chi connectivity index (χ0v) is 10.7. The summed E-state index contributed by atoms with van der Waals surface area (Å²) in [7, 11) is -3.25. The molecule has 4 nitrogen and oxygen atoms in total. The maximum Gasteiger partial charge on any atom is 0.212 e. The van der Waals surface area contributed by atoms with Crippen molar-refractivity contribution in [2.75, 3.05) is 11.6 Å². The lowest BCUT2D eigenvalue weighted by Crippen LogP contribution is -2.29. The Morgan fingerprint density at radius 3 is 2.81 bits per heavy atom. The van der Waals surface area contributed by atoms with Crippen molar-refractivity contribution in [1.29, 1.82) is 0 Å². The topological polar surface area (TPSA) is 59.3 Å². The molecule has 1 atom stereocenters. The average Bonchev–Trinajstić information content (AvgIpc) is 2.69. The fourth-order valence-corrected chi connectivity index (χ4v) is 2.86. The molecular formula is C10H16ClNO3S. The van der Waals surface area contributed by atoms with Crippen molar-refractivity contribution in [3.8, 4) is 0 Å². The van der Waals surface area contributed by atoms with E-state index in [9.17, 15) is 8.42 Å². The van der Waals surface area contributed by atoms with Gasteiger partial charge in [-0.25, -0.2) is 13.1 Å². The molecule has 0 saturated heterocycles. The molecule has 0 saturated carbocycles. The highest BCUT2D eigenvalue weighted by Gasteiger charge is 2.16. The molecule has 1 aromatic heterocycles. The van der Waals surface area contributed by atoms with Crippen LogP contribution in [-0.2, 0) is 10.0 Å². The first-order valence-electron chi connectivity index (χ1n) is 5.14. The number of hydrogen-bond donors (Lipinski definition) is 1. The summed E-state index contributed by atoms with van der Waals surface area (Å²) in [6, 6.07) is 3.13. The maximum atomic E-state index is 11.6. The third-order valence-corrected chi connectivity index (χ3v) is 3.93. The zero-order chi connectivity index (χ0) is 12.0. The van der Waals surface area contributed by atoms with Gasteiger partial charge in [-0.2, -0.15) is 0 Å². The Labute approximate surface area is 101 Å². The Balaban J connectivity index is 2.46. The number of sulfonamides is 1. The van der Waals surface area contributed by atoms with E-state index >= 15 is 0 Å². The maximum absolute atomic E-state index is 11.6. The smallest absolute Gasteiger partial charge is 0.212 e. The molecule has 0 aliphatic heterocycles. The standard InChI is InChI=1S/C10H16ClNO3S/c1-9(10-5-4-7-15-10)12-16(13,14)8-3-2-6-11/h4-5,7,9,12H,2-3,6,8H2,1H3. The van der Waals surface area contributed by atoms with Crippen LogP contribution in [0.25, 0.3) is 0 Å². The number of hydrogen-bond acceptors (Lipinski definition) is 3. The monoisotopic (exact) mass is 265 g/mol. The van der Waals surface area contributed by atoms with Crippen molar-refractivity contribution in [1.82, 2.24) is 4.72 Å². The van der Waals surface area contributed by atoms with Gasteiger partial charge in [-0.05, 0) is 31.9 Å². The van der Waals surface area contributed by atoms with Crippen molar-refractivity contribution in [2.45, 2.75) is 25.8 Å². The number of alkyl halides is 1. The fraction of sp³-hybridized carbons (Fsp3) is 0.600. The van der Waals surface area contributed by atoms with Crippen molar-refractivity contribution in [2.24, 2.45) is 0 Å². The molecule has 0 bridgehead atoms. The van der Waals surface area contributed by atoms with Crippen LogP contribution < -0.4 is 4.72 Å². The molecule has 0 aliphatic carbocycles. The summed E-state index contributed by atoms with van der Waals surface area (Å²) in [5, 5.41) is 0. The van der Waals surface area contributed by atoms with Crippen LogP contribution in [0, 0.1) is 0 Å². The molecule has 1 rings (SSSR count). The van der Waals surface area contributed by atoms with E-state index in [4.69, 9.17) is 16.0 Å². The summed E-state index contributed by atoms with van der Waals surface area (Å²) in [6.45, 7) is 1.75. The fourth-order valence-electron chi connectivity index (χ4n) is 1.31. The van der Waals surface area contributed by atoms with Gasteiger partial charge in [-0.1, -0.05) is 0 Å². The van der Waals surface area contributed by atoms with Gasteiger partial charge in [0.2, 0.25) is 10.0 Å². The SMILES string of the molecule is CC(NS(=O)(=O)CCCCCl)c1ccco1. The minimum Gasteiger partial charge on any atom is -0.468 e. The molecule has 1 unspecified atom stereocenters. The lowest BCUT2D eigenvalue weighted by Gasteiger charge is -2.11. The summed E-state index contributed by atoms with van der Waals surface area (Å²) >= 11 is 5.49. The van der Waals surface area contributed by atoms with E-state index in [1.54, 1.807) is 19.1 Å². The second kappa shape index (κ2) is 6.27. The normalized spacial score (nSPS) is 13.9. The molecule has 0 fully saturated rings. The average molecular weight is 266 g/mol. The first-order valence-corrected chi connectivity index (χ1v) is 7.33. The van der Waals surface area contributed by atoms with Crippen molar-refractivity contribution < 1.29 is 12.8 Å². The molecule has 1 heterocycles. The Bertz CT molecular complexity index is 388. The van der Waals surface area contributed by atoms with Gasteiger partial charge in [-0.15, -0.1) is 11.6 Å². The van der Waals surface area contributed by atoms with Crippen LogP contribution in [0.15, 0.2) is 22.8 Å². The number of unbranched alkanes of at least 4 members (excludes halogenated alkanes) is 1. The molecule has 1 N–H and O–H groups in total. The van der Waals surface area contributed by atoms with E-state index in [1.165, 1.54) is 6.26 Å². The zero-order valence-electron chi connectivity index (χ0n) is 9.15. The van der Waals surface area contributed by atoms with Crippen LogP contribution in [0.5, 0.6) is 0 Å². The first kappa shape index (κ1) is 13.5. The Morgan fingerprint density at radius 1 is 1.50 bits per heavy atom. The predicted molar refractivity (Wildman–Crippen MR) is 64.0 cm³/mol. The molecule has 6 heteroatoms. The highest BCUT2D eigenvalue weighted by Crippen LogP contribution is 2.13. The highest BCUT2D eigenvalue weighted by molar-refractivity contribution is 7.89. The molecule has 0 spiro atoms. The Hall–Kier alpha value is -0.520. The van der Waals surface area contributed by atoms with Crippen LogP contribution in [0.2, 0.25) is 0 Å². The van der Waals surface area contributed by atoms with Gasteiger partial charge >= 0.3 is 0 Å². The summed E-state index contributed by atoms with van der Waals surface area (Å²) in [5.41, 5.74) is 0. The van der Waals surface area contributed by atoms with E-state index in [0.29, 0.717) is 24.5 Å². The van der Waals surface area contributed by atoms with Gasteiger partial charge in [0, 0.05) is 5.88 Å². The van der Waals surface area contributed by atoms with Crippen LogP contribution in [0.1, 0.15) is 31.6 Å². The first-order chi connectivity index (χ1) is 7.55.